The first-order chi connectivity index (χ1) is 12.1. The van der Waals surface area contributed by atoms with Gasteiger partial charge in [-0.15, -0.1) is 23.7 Å². The number of thiophene rings is 1. The maximum Gasteiger partial charge on any atom is 0.257 e. The molecule has 3 rings (SSSR count). The quantitative estimate of drug-likeness (QED) is 0.763. The number of likely N-dealkylation sites (N-methyl/N-ethyl adjacent to an activating group) is 1. The monoisotopic (exact) mass is 406 g/mol. The van der Waals surface area contributed by atoms with Crippen LogP contribution in [-0.4, -0.2) is 29.0 Å². The van der Waals surface area contributed by atoms with Crippen LogP contribution in [0.3, 0.4) is 0 Å². The summed E-state index contributed by atoms with van der Waals surface area (Å²) in [5, 5.41) is 16.1. The number of amides is 1. The predicted molar refractivity (Wildman–Crippen MR) is 111 cm³/mol. The molecule has 0 saturated heterocycles. The van der Waals surface area contributed by atoms with Crippen LogP contribution in [-0.2, 0) is 13.0 Å². The van der Waals surface area contributed by atoms with Crippen LogP contribution in [0.15, 0.2) is 30.3 Å². The van der Waals surface area contributed by atoms with Gasteiger partial charge < -0.3 is 5.32 Å². The number of nitriles is 1. The molecular formula is C18H19ClN4OS2. The molecule has 5 nitrogen and oxygen atoms in total. The SMILES string of the molecule is CCN1CCc2c(sc(NC(=S)NC(=O)c3ccccc3)c2C#N)C1.Cl. The number of anilines is 1. The zero-order valence-corrected chi connectivity index (χ0v) is 16.7. The van der Waals surface area contributed by atoms with Crippen LogP contribution in [0.5, 0.6) is 0 Å². The van der Waals surface area contributed by atoms with Crippen LogP contribution in [0.4, 0.5) is 5.00 Å². The molecule has 0 atom stereocenters. The van der Waals surface area contributed by atoms with Crippen LogP contribution >= 0.6 is 36.0 Å². The lowest BCUT2D eigenvalue weighted by Crippen LogP contribution is -2.34. The maximum atomic E-state index is 12.2. The number of hydrogen-bond donors (Lipinski definition) is 2. The molecule has 2 aromatic rings. The molecule has 2 heterocycles. The summed E-state index contributed by atoms with van der Waals surface area (Å²) in [7, 11) is 0. The fraction of sp³-hybridized carbons (Fsp3) is 0.278. The lowest BCUT2D eigenvalue weighted by atomic mass is 10.0. The van der Waals surface area contributed by atoms with Crippen LogP contribution < -0.4 is 10.6 Å². The van der Waals surface area contributed by atoms with Gasteiger partial charge in [-0.1, -0.05) is 25.1 Å². The molecule has 0 fully saturated rings. The smallest absolute Gasteiger partial charge is 0.257 e. The van der Waals surface area contributed by atoms with E-state index in [1.54, 1.807) is 35.6 Å². The Kier molecular flexibility index (Phi) is 7.12. The Morgan fingerprint density at radius 2 is 2.12 bits per heavy atom. The number of fused-ring (bicyclic) bond motifs is 1. The molecule has 0 unspecified atom stereocenters. The highest BCUT2D eigenvalue weighted by Crippen LogP contribution is 2.36. The van der Waals surface area contributed by atoms with Crippen molar-refractivity contribution in [3.8, 4) is 6.07 Å². The number of carbonyl (C=O) groups excluding carboxylic acids is 1. The fourth-order valence-corrected chi connectivity index (χ4v) is 4.34. The van der Waals surface area contributed by atoms with Crippen molar-refractivity contribution >= 4 is 52.0 Å². The Morgan fingerprint density at radius 3 is 2.77 bits per heavy atom. The van der Waals surface area contributed by atoms with Gasteiger partial charge in [-0.05, 0) is 42.9 Å². The van der Waals surface area contributed by atoms with E-state index in [0.29, 0.717) is 16.1 Å². The lowest BCUT2D eigenvalue weighted by Gasteiger charge is -2.24. The number of carbonyl (C=O) groups is 1. The fourth-order valence-electron chi connectivity index (χ4n) is 2.83. The molecule has 0 saturated carbocycles. The summed E-state index contributed by atoms with van der Waals surface area (Å²) in [6.07, 6.45) is 0.868. The minimum absolute atomic E-state index is 0. The second-order valence-corrected chi connectivity index (χ2v) is 7.23. The number of nitrogens with one attached hydrogen (secondary N) is 2. The molecule has 1 aliphatic rings. The lowest BCUT2D eigenvalue weighted by molar-refractivity contribution is 0.0977. The Labute approximate surface area is 168 Å². The second kappa shape index (κ2) is 9.10. The third-order valence-corrected chi connectivity index (χ3v) is 5.52. The number of nitrogens with zero attached hydrogens (tertiary/aromatic N) is 2. The summed E-state index contributed by atoms with van der Waals surface area (Å²) in [6.45, 7) is 4.95. The third kappa shape index (κ3) is 4.40. The first kappa shape index (κ1) is 20.3. The molecule has 8 heteroatoms. The summed E-state index contributed by atoms with van der Waals surface area (Å²) in [5.41, 5.74) is 2.29. The number of halogens is 1. The van der Waals surface area contributed by atoms with Gasteiger partial charge in [0.15, 0.2) is 5.11 Å². The van der Waals surface area contributed by atoms with Crippen molar-refractivity contribution in [2.45, 2.75) is 19.9 Å². The van der Waals surface area contributed by atoms with E-state index in [1.807, 2.05) is 6.07 Å². The van der Waals surface area contributed by atoms with E-state index in [2.05, 4.69) is 28.5 Å². The molecule has 1 aromatic heterocycles. The van der Waals surface area contributed by atoms with Gasteiger partial charge in [0, 0.05) is 23.5 Å². The van der Waals surface area contributed by atoms with Gasteiger partial charge >= 0.3 is 0 Å². The van der Waals surface area contributed by atoms with Crippen LogP contribution in [0.2, 0.25) is 0 Å². The maximum absolute atomic E-state index is 12.2. The Balaban J connectivity index is 0.00000243. The van der Waals surface area contributed by atoms with E-state index in [4.69, 9.17) is 12.2 Å². The Morgan fingerprint density at radius 1 is 1.38 bits per heavy atom. The normalized spacial score (nSPS) is 13.1. The second-order valence-electron chi connectivity index (χ2n) is 5.71. The first-order valence-electron chi connectivity index (χ1n) is 8.06. The summed E-state index contributed by atoms with van der Waals surface area (Å²) in [6, 6.07) is 11.2. The van der Waals surface area contributed by atoms with Gasteiger partial charge in [0.2, 0.25) is 0 Å². The zero-order valence-electron chi connectivity index (χ0n) is 14.2. The topological polar surface area (TPSA) is 68.2 Å². The predicted octanol–water partition coefficient (Wildman–Crippen LogP) is 3.55. The first-order valence-corrected chi connectivity index (χ1v) is 9.29. The number of rotatable bonds is 3. The van der Waals surface area contributed by atoms with E-state index in [0.717, 1.165) is 31.6 Å². The summed E-state index contributed by atoms with van der Waals surface area (Å²) < 4.78 is 0. The molecule has 0 radical (unpaired) electrons. The number of benzene rings is 1. The van der Waals surface area contributed by atoms with Gasteiger partial charge in [-0.25, -0.2) is 0 Å². The highest BCUT2D eigenvalue weighted by Gasteiger charge is 2.24. The van der Waals surface area contributed by atoms with Crippen molar-refractivity contribution in [2.75, 3.05) is 18.4 Å². The summed E-state index contributed by atoms with van der Waals surface area (Å²) in [5.74, 6) is -0.268. The Bertz CT molecular complexity index is 845. The van der Waals surface area contributed by atoms with Crippen molar-refractivity contribution < 1.29 is 4.79 Å². The molecule has 1 amide bonds. The average molecular weight is 407 g/mol. The summed E-state index contributed by atoms with van der Waals surface area (Å²) in [4.78, 5) is 15.7. The zero-order chi connectivity index (χ0) is 17.8. The van der Waals surface area contributed by atoms with Gasteiger partial charge in [-0.2, -0.15) is 5.26 Å². The molecular weight excluding hydrogens is 388 g/mol. The van der Waals surface area contributed by atoms with Crippen molar-refractivity contribution in [2.24, 2.45) is 0 Å². The van der Waals surface area contributed by atoms with Gasteiger partial charge in [0.05, 0.1) is 5.56 Å². The minimum atomic E-state index is -0.268. The minimum Gasteiger partial charge on any atom is -0.323 e. The average Bonchev–Trinajstić information content (AvgIpc) is 2.97. The molecule has 26 heavy (non-hydrogen) atoms. The molecule has 136 valence electrons. The number of hydrogen-bond acceptors (Lipinski definition) is 5. The molecule has 1 aromatic carbocycles. The van der Waals surface area contributed by atoms with Crippen molar-refractivity contribution in [1.29, 1.82) is 5.26 Å². The van der Waals surface area contributed by atoms with Crippen molar-refractivity contribution in [1.82, 2.24) is 10.2 Å². The third-order valence-electron chi connectivity index (χ3n) is 4.19. The van der Waals surface area contributed by atoms with Crippen LogP contribution in [0, 0.1) is 11.3 Å². The Hall–Kier alpha value is -1.98. The summed E-state index contributed by atoms with van der Waals surface area (Å²) >= 11 is 6.79. The van der Waals surface area contributed by atoms with Crippen molar-refractivity contribution in [3.63, 3.8) is 0 Å². The van der Waals surface area contributed by atoms with Crippen LogP contribution in [0.1, 0.15) is 33.3 Å². The highest BCUT2D eigenvalue weighted by atomic mass is 35.5. The molecule has 0 aliphatic carbocycles. The molecule has 1 aliphatic heterocycles. The van der Waals surface area contributed by atoms with E-state index in [9.17, 15) is 10.1 Å². The molecule has 0 bridgehead atoms. The van der Waals surface area contributed by atoms with E-state index in [-0.39, 0.29) is 23.4 Å². The molecule has 2 N–H and O–H groups in total. The van der Waals surface area contributed by atoms with E-state index >= 15 is 0 Å². The van der Waals surface area contributed by atoms with Crippen LogP contribution in [0.25, 0.3) is 0 Å². The largest absolute Gasteiger partial charge is 0.323 e. The molecule has 0 spiro atoms. The standard InChI is InChI=1S/C18H18N4OS2.ClH/c1-2-22-9-8-13-14(10-19)17(25-15(13)11-22)21-18(24)20-16(23)12-6-4-3-5-7-12;/h3-7H,2,8-9,11H2,1H3,(H2,20,21,23,24);1H. The van der Waals surface area contributed by atoms with Gasteiger partial charge in [-0.3, -0.25) is 15.0 Å². The number of thiocarbonyl (C=S) groups is 1. The van der Waals surface area contributed by atoms with Gasteiger partial charge in [0.25, 0.3) is 5.91 Å². The highest BCUT2D eigenvalue weighted by molar-refractivity contribution is 7.80. The van der Waals surface area contributed by atoms with Crippen molar-refractivity contribution in [3.05, 3.63) is 51.9 Å². The van der Waals surface area contributed by atoms with Gasteiger partial charge in [0.1, 0.15) is 11.1 Å². The van der Waals surface area contributed by atoms with E-state index in [1.165, 1.54) is 4.88 Å². The van der Waals surface area contributed by atoms with E-state index < -0.39 is 0 Å².